The molecule has 0 aliphatic rings. The smallest absolute Gasteiger partial charge is 0.326 e. The number of hydrogen-bond acceptors (Lipinski definition) is 5. The molecule has 0 aliphatic heterocycles. The van der Waals surface area contributed by atoms with Gasteiger partial charge in [0.2, 0.25) is 0 Å². The number of nitro groups is 1. The maximum Gasteiger partial charge on any atom is 0.326 e. The fourth-order valence-electron chi connectivity index (χ4n) is 1.72. The Balaban J connectivity index is 2.99. The summed E-state index contributed by atoms with van der Waals surface area (Å²) in [6, 6.07) is 3.07. The molecule has 0 spiro atoms. The van der Waals surface area contributed by atoms with Crippen molar-refractivity contribution in [3.8, 4) is 0 Å². The Bertz CT molecular complexity index is 561. The van der Waals surface area contributed by atoms with E-state index in [-0.39, 0.29) is 17.7 Å². The number of nitrogens with one attached hydrogen (secondary N) is 1. The van der Waals surface area contributed by atoms with Crippen LogP contribution in [0.3, 0.4) is 0 Å². The van der Waals surface area contributed by atoms with Crippen LogP contribution in [0.4, 0.5) is 5.69 Å². The minimum Gasteiger partial charge on any atom is -0.480 e. The average Bonchev–Trinajstić information content (AvgIpc) is 2.42. The van der Waals surface area contributed by atoms with Gasteiger partial charge in [-0.1, -0.05) is 6.07 Å². The number of carboxylic acid groups (broad SMARTS) is 1. The van der Waals surface area contributed by atoms with E-state index >= 15 is 0 Å². The lowest BCUT2D eigenvalue weighted by molar-refractivity contribution is -0.385. The van der Waals surface area contributed by atoms with Crippen molar-refractivity contribution >= 4 is 29.3 Å². The topological polar surface area (TPSA) is 110 Å². The molecule has 1 amide bonds. The number of aliphatic carboxylic acids is 1. The van der Waals surface area contributed by atoms with E-state index in [1.165, 1.54) is 30.0 Å². The van der Waals surface area contributed by atoms with Crippen LogP contribution < -0.4 is 5.32 Å². The first-order valence-corrected chi connectivity index (χ1v) is 7.54. The molecule has 8 heteroatoms. The first-order valence-electron chi connectivity index (χ1n) is 6.14. The van der Waals surface area contributed by atoms with E-state index < -0.39 is 22.8 Å². The summed E-state index contributed by atoms with van der Waals surface area (Å²) < 4.78 is 0. The van der Waals surface area contributed by atoms with E-state index in [1.807, 2.05) is 6.26 Å². The summed E-state index contributed by atoms with van der Waals surface area (Å²) in [5, 5.41) is 22.3. The van der Waals surface area contributed by atoms with Crippen molar-refractivity contribution in [2.75, 3.05) is 12.0 Å². The maximum absolute atomic E-state index is 12.1. The van der Waals surface area contributed by atoms with Crippen LogP contribution in [0.1, 0.15) is 22.3 Å². The molecule has 7 nitrogen and oxygen atoms in total. The first kappa shape index (κ1) is 17.0. The molecule has 1 rings (SSSR count). The van der Waals surface area contributed by atoms with E-state index in [0.717, 1.165) is 0 Å². The number of carbonyl (C=O) groups excluding carboxylic acids is 1. The number of nitro benzene ring substituents is 1. The molecule has 0 unspecified atom stereocenters. The summed E-state index contributed by atoms with van der Waals surface area (Å²) in [5.41, 5.74) is 0.212. The molecular weight excluding hydrogens is 296 g/mol. The lowest BCUT2D eigenvalue weighted by atomic mass is 10.1. The van der Waals surface area contributed by atoms with Crippen LogP contribution in [0.5, 0.6) is 0 Å². The van der Waals surface area contributed by atoms with Crippen LogP contribution in [0.15, 0.2) is 18.2 Å². The number of amides is 1. The predicted molar refractivity (Wildman–Crippen MR) is 79.7 cm³/mol. The van der Waals surface area contributed by atoms with Gasteiger partial charge in [-0.15, -0.1) is 0 Å². The molecule has 0 radical (unpaired) electrons. The second kappa shape index (κ2) is 7.63. The fraction of sp³-hybridized carbons (Fsp3) is 0.385. The maximum atomic E-state index is 12.1. The van der Waals surface area contributed by atoms with Crippen molar-refractivity contribution in [3.05, 3.63) is 39.4 Å². The quantitative estimate of drug-likeness (QED) is 0.587. The lowest BCUT2D eigenvalue weighted by Crippen LogP contribution is -2.41. The molecule has 2 N–H and O–H groups in total. The number of nitrogens with zero attached hydrogens (tertiary/aromatic N) is 1. The minimum atomic E-state index is -1.16. The molecule has 1 atom stereocenters. The van der Waals surface area contributed by atoms with Crippen molar-refractivity contribution in [2.45, 2.75) is 19.4 Å². The molecule has 0 aliphatic carbocycles. The summed E-state index contributed by atoms with van der Waals surface area (Å²) >= 11 is 1.46. The predicted octanol–water partition coefficient (Wildman–Crippen LogP) is 1.84. The van der Waals surface area contributed by atoms with Crippen LogP contribution in [0.2, 0.25) is 0 Å². The van der Waals surface area contributed by atoms with Crippen molar-refractivity contribution < 1.29 is 19.6 Å². The Kier molecular flexibility index (Phi) is 6.16. The second-order valence-electron chi connectivity index (χ2n) is 4.42. The zero-order valence-corrected chi connectivity index (χ0v) is 12.5. The average molecular weight is 312 g/mol. The van der Waals surface area contributed by atoms with Crippen LogP contribution in [0, 0.1) is 17.0 Å². The third kappa shape index (κ3) is 4.75. The Morgan fingerprint density at radius 1 is 1.48 bits per heavy atom. The zero-order chi connectivity index (χ0) is 16.0. The van der Waals surface area contributed by atoms with E-state index in [1.54, 1.807) is 6.92 Å². The molecule has 1 aromatic rings. The van der Waals surface area contributed by atoms with Gasteiger partial charge in [-0.2, -0.15) is 11.8 Å². The highest BCUT2D eigenvalue weighted by atomic mass is 32.2. The molecule has 0 saturated heterocycles. The Hall–Kier alpha value is -2.09. The highest BCUT2D eigenvalue weighted by Gasteiger charge is 2.25. The third-order valence-electron chi connectivity index (χ3n) is 2.81. The van der Waals surface area contributed by atoms with Gasteiger partial charge in [0.05, 0.1) is 4.92 Å². The van der Waals surface area contributed by atoms with Crippen LogP contribution in [0.25, 0.3) is 0 Å². The van der Waals surface area contributed by atoms with Gasteiger partial charge < -0.3 is 10.4 Å². The second-order valence-corrected chi connectivity index (χ2v) is 5.41. The van der Waals surface area contributed by atoms with Gasteiger partial charge >= 0.3 is 5.97 Å². The lowest BCUT2D eigenvalue weighted by Gasteiger charge is -2.14. The monoisotopic (exact) mass is 312 g/mol. The number of carbonyl (C=O) groups is 2. The highest BCUT2D eigenvalue weighted by molar-refractivity contribution is 7.98. The zero-order valence-electron chi connectivity index (χ0n) is 11.7. The number of hydrogen-bond donors (Lipinski definition) is 2. The van der Waals surface area contributed by atoms with E-state index in [9.17, 15) is 19.7 Å². The van der Waals surface area contributed by atoms with Gasteiger partial charge in [0, 0.05) is 6.07 Å². The van der Waals surface area contributed by atoms with E-state index in [4.69, 9.17) is 5.11 Å². The SMILES string of the molecule is CSCC[C@H](NC(=O)c1cc(C)ccc1[N+](=O)[O-])C(=O)O. The highest BCUT2D eigenvalue weighted by Crippen LogP contribution is 2.20. The van der Waals surface area contributed by atoms with Crippen LogP contribution in [-0.2, 0) is 4.79 Å². The number of thioether (sulfide) groups is 1. The molecule has 21 heavy (non-hydrogen) atoms. The van der Waals surface area contributed by atoms with Crippen molar-refractivity contribution in [2.24, 2.45) is 0 Å². The minimum absolute atomic E-state index is 0.129. The van der Waals surface area contributed by atoms with Crippen LogP contribution >= 0.6 is 11.8 Å². The molecular formula is C13H16N2O5S. The Labute approximate surface area is 125 Å². The fourth-order valence-corrected chi connectivity index (χ4v) is 2.19. The Morgan fingerprint density at radius 2 is 2.14 bits per heavy atom. The standard InChI is InChI=1S/C13H16N2O5S/c1-8-3-4-11(15(19)20)9(7-8)12(16)14-10(13(17)18)5-6-21-2/h3-4,7,10H,5-6H2,1-2H3,(H,14,16)(H,17,18)/t10-/m0/s1. The molecule has 114 valence electrons. The van der Waals surface area contributed by atoms with Crippen molar-refractivity contribution in [1.82, 2.24) is 5.32 Å². The van der Waals surface area contributed by atoms with Gasteiger partial charge in [-0.05, 0) is 37.0 Å². The number of benzene rings is 1. The van der Waals surface area contributed by atoms with Gasteiger partial charge in [0.1, 0.15) is 11.6 Å². The normalized spacial score (nSPS) is 11.7. The van der Waals surface area contributed by atoms with Gasteiger partial charge in [0.25, 0.3) is 11.6 Å². The van der Waals surface area contributed by atoms with Gasteiger partial charge in [-0.25, -0.2) is 4.79 Å². The number of rotatable bonds is 7. The van der Waals surface area contributed by atoms with E-state index in [2.05, 4.69) is 5.32 Å². The van der Waals surface area contributed by atoms with Gasteiger partial charge in [-0.3, -0.25) is 14.9 Å². The van der Waals surface area contributed by atoms with Crippen LogP contribution in [-0.4, -0.2) is 40.0 Å². The summed E-state index contributed by atoms with van der Waals surface area (Å²) in [4.78, 5) is 33.5. The molecule has 1 aromatic carbocycles. The Morgan fingerprint density at radius 3 is 2.67 bits per heavy atom. The molecule has 0 aromatic heterocycles. The molecule has 0 bridgehead atoms. The first-order chi connectivity index (χ1) is 9.86. The largest absolute Gasteiger partial charge is 0.480 e. The van der Waals surface area contributed by atoms with Gasteiger partial charge in [0.15, 0.2) is 0 Å². The summed E-state index contributed by atoms with van der Waals surface area (Å²) in [7, 11) is 0. The molecule has 0 heterocycles. The van der Waals surface area contributed by atoms with Crippen molar-refractivity contribution in [3.63, 3.8) is 0 Å². The molecule has 0 saturated carbocycles. The summed E-state index contributed by atoms with van der Waals surface area (Å²) in [6.45, 7) is 1.70. The number of aryl methyl sites for hydroxylation is 1. The number of carboxylic acids is 1. The van der Waals surface area contributed by atoms with E-state index in [0.29, 0.717) is 11.3 Å². The summed E-state index contributed by atoms with van der Waals surface area (Å²) in [5.74, 6) is -1.35. The molecule has 0 fully saturated rings. The van der Waals surface area contributed by atoms with Crippen molar-refractivity contribution in [1.29, 1.82) is 0 Å². The summed E-state index contributed by atoms with van der Waals surface area (Å²) in [6.07, 6.45) is 2.08. The third-order valence-corrected chi connectivity index (χ3v) is 3.45.